The molecular formula is C8H10N2O4. The number of hydrogen-bond donors (Lipinski definition) is 1. The highest BCUT2D eigenvalue weighted by atomic mass is 16.5. The van der Waals surface area contributed by atoms with Gasteiger partial charge in [-0.05, 0) is 6.92 Å². The van der Waals surface area contributed by atoms with Crippen molar-refractivity contribution in [1.29, 1.82) is 0 Å². The van der Waals surface area contributed by atoms with Crippen molar-refractivity contribution < 1.29 is 9.53 Å². The summed E-state index contributed by atoms with van der Waals surface area (Å²) in [5.41, 5.74) is -0.646. The van der Waals surface area contributed by atoms with Crippen LogP contribution in [0.25, 0.3) is 0 Å². The maximum absolute atomic E-state index is 11.1. The zero-order valence-corrected chi connectivity index (χ0v) is 7.86. The summed E-state index contributed by atoms with van der Waals surface area (Å²) in [6, 6.07) is 0. The molecule has 14 heavy (non-hydrogen) atoms. The van der Waals surface area contributed by atoms with Crippen molar-refractivity contribution in [2.75, 3.05) is 0 Å². The fourth-order valence-electron chi connectivity index (χ4n) is 0.875. The Morgan fingerprint density at radius 3 is 2.79 bits per heavy atom. The van der Waals surface area contributed by atoms with Gasteiger partial charge in [0.15, 0.2) is 6.73 Å². The number of ether oxygens (including phenoxy) is 1. The number of H-pyrrole nitrogens is 1. The fraction of sp³-hybridized carbons (Fsp3) is 0.375. The summed E-state index contributed by atoms with van der Waals surface area (Å²) >= 11 is 0. The lowest BCUT2D eigenvalue weighted by atomic mass is 10.4. The molecule has 6 heteroatoms. The number of hydrogen-bond acceptors (Lipinski definition) is 4. The number of nitrogens with zero attached hydrogens (tertiary/aromatic N) is 1. The van der Waals surface area contributed by atoms with Crippen LogP contribution in [0.15, 0.2) is 15.8 Å². The fourth-order valence-corrected chi connectivity index (χ4v) is 0.875. The average Bonchev–Trinajstić information content (AvgIpc) is 2.09. The zero-order chi connectivity index (χ0) is 10.7. The monoisotopic (exact) mass is 198 g/mol. The van der Waals surface area contributed by atoms with Gasteiger partial charge in [-0.1, -0.05) is 0 Å². The standard InChI is InChI=1S/C8H10N2O4/c1-5-3-10(4-14-6(2)11)8(13)9-7(5)12/h3H,4H2,1-2H3,(H,9,12,13). The molecule has 0 radical (unpaired) electrons. The van der Waals surface area contributed by atoms with Crippen LogP contribution >= 0.6 is 0 Å². The second-order valence-corrected chi connectivity index (χ2v) is 2.81. The lowest BCUT2D eigenvalue weighted by Crippen LogP contribution is -2.31. The van der Waals surface area contributed by atoms with Gasteiger partial charge in [-0.2, -0.15) is 0 Å². The predicted molar refractivity (Wildman–Crippen MR) is 47.8 cm³/mol. The van der Waals surface area contributed by atoms with Gasteiger partial charge in [0.25, 0.3) is 5.56 Å². The van der Waals surface area contributed by atoms with E-state index in [0.29, 0.717) is 5.56 Å². The van der Waals surface area contributed by atoms with Crippen LogP contribution in [-0.4, -0.2) is 15.5 Å². The normalized spacial score (nSPS) is 9.86. The van der Waals surface area contributed by atoms with Gasteiger partial charge in [-0.15, -0.1) is 0 Å². The van der Waals surface area contributed by atoms with Crippen molar-refractivity contribution in [2.24, 2.45) is 0 Å². The minimum Gasteiger partial charge on any atom is -0.444 e. The van der Waals surface area contributed by atoms with Gasteiger partial charge < -0.3 is 4.74 Å². The molecule has 0 spiro atoms. The summed E-state index contributed by atoms with van der Waals surface area (Å²) in [7, 11) is 0. The summed E-state index contributed by atoms with van der Waals surface area (Å²) in [4.78, 5) is 34.6. The summed E-state index contributed by atoms with van der Waals surface area (Å²) in [5, 5.41) is 0. The Hall–Kier alpha value is -1.85. The Labute approximate surface area is 79.1 Å². The van der Waals surface area contributed by atoms with Crippen LogP contribution in [0.2, 0.25) is 0 Å². The highest BCUT2D eigenvalue weighted by Gasteiger charge is 2.01. The van der Waals surface area contributed by atoms with Crippen molar-refractivity contribution in [3.63, 3.8) is 0 Å². The number of carbonyl (C=O) groups is 1. The molecule has 1 rings (SSSR count). The summed E-state index contributed by atoms with van der Waals surface area (Å²) in [6.07, 6.45) is 1.34. The Bertz CT molecular complexity index is 457. The van der Waals surface area contributed by atoms with Crippen LogP contribution in [0.3, 0.4) is 0 Å². The predicted octanol–water partition coefficient (Wildman–Crippen LogP) is -0.634. The first-order valence-corrected chi connectivity index (χ1v) is 3.94. The zero-order valence-electron chi connectivity index (χ0n) is 7.86. The highest BCUT2D eigenvalue weighted by Crippen LogP contribution is 1.86. The highest BCUT2D eigenvalue weighted by molar-refractivity contribution is 5.65. The van der Waals surface area contributed by atoms with E-state index in [1.165, 1.54) is 13.1 Å². The smallest absolute Gasteiger partial charge is 0.331 e. The van der Waals surface area contributed by atoms with Gasteiger partial charge in [0.05, 0.1) is 0 Å². The van der Waals surface area contributed by atoms with E-state index < -0.39 is 17.2 Å². The van der Waals surface area contributed by atoms with Gasteiger partial charge >= 0.3 is 11.7 Å². The van der Waals surface area contributed by atoms with Gasteiger partial charge in [0.2, 0.25) is 0 Å². The Kier molecular flexibility index (Phi) is 2.85. The second kappa shape index (κ2) is 3.91. The first-order valence-electron chi connectivity index (χ1n) is 3.94. The molecule has 0 bridgehead atoms. The van der Waals surface area contributed by atoms with E-state index in [2.05, 4.69) is 9.72 Å². The minimum atomic E-state index is -0.596. The molecule has 6 nitrogen and oxygen atoms in total. The topological polar surface area (TPSA) is 81.2 Å². The molecule has 1 aromatic heterocycles. The molecule has 0 aromatic carbocycles. The number of nitrogens with one attached hydrogen (secondary N) is 1. The lowest BCUT2D eigenvalue weighted by molar-refractivity contribution is -0.144. The van der Waals surface area contributed by atoms with Crippen molar-refractivity contribution in [3.8, 4) is 0 Å². The van der Waals surface area contributed by atoms with Crippen LogP contribution in [0.5, 0.6) is 0 Å². The van der Waals surface area contributed by atoms with Gasteiger partial charge in [0.1, 0.15) is 0 Å². The first kappa shape index (κ1) is 10.2. The molecular weight excluding hydrogens is 188 g/mol. The van der Waals surface area contributed by atoms with E-state index in [-0.39, 0.29) is 6.73 Å². The maximum Gasteiger partial charge on any atom is 0.331 e. The number of carbonyl (C=O) groups excluding carboxylic acids is 1. The van der Waals surface area contributed by atoms with Crippen LogP contribution < -0.4 is 11.2 Å². The molecule has 0 saturated carbocycles. The van der Waals surface area contributed by atoms with Gasteiger partial charge in [0, 0.05) is 18.7 Å². The third-order valence-corrected chi connectivity index (χ3v) is 1.60. The van der Waals surface area contributed by atoms with E-state index >= 15 is 0 Å². The van der Waals surface area contributed by atoms with Gasteiger partial charge in [-0.25, -0.2) is 4.79 Å². The Balaban J connectivity index is 2.99. The molecule has 0 amide bonds. The third-order valence-electron chi connectivity index (χ3n) is 1.60. The van der Waals surface area contributed by atoms with E-state index in [1.54, 1.807) is 6.92 Å². The molecule has 0 aliphatic rings. The molecule has 0 unspecified atom stereocenters. The summed E-state index contributed by atoms with van der Waals surface area (Å²) < 4.78 is 5.71. The molecule has 0 aliphatic heterocycles. The molecule has 76 valence electrons. The Morgan fingerprint density at radius 2 is 2.21 bits per heavy atom. The molecule has 0 aliphatic carbocycles. The quantitative estimate of drug-likeness (QED) is 0.641. The molecule has 1 N–H and O–H groups in total. The van der Waals surface area contributed by atoms with Gasteiger partial charge in [-0.3, -0.25) is 19.1 Å². The molecule has 0 saturated heterocycles. The number of aromatic nitrogens is 2. The lowest BCUT2D eigenvalue weighted by Gasteiger charge is -2.04. The van der Waals surface area contributed by atoms with Crippen molar-refractivity contribution in [3.05, 3.63) is 32.6 Å². The van der Waals surface area contributed by atoms with Crippen LogP contribution in [0, 0.1) is 6.92 Å². The minimum absolute atomic E-state index is 0.189. The molecule has 0 fully saturated rings. The van der Waals surface area contributed by atoms with Crippen LogP contribution in [0.4, 0.5) is 0 Å². The molecule has 1 heterocycles. The largest absolute Gasteiger partial charge is 0.444 e. The molecule has 0 atom stereocenters. The first-order chi connectivity index (χ1) is 6.50. The van der Waals surface area contributed by atoms with E-state index in [4.69, 9.17) is 0 Å². The summed E-state index contributed by atoms with van der Waals surface area (Å²) in [6.45, 7) is 2.61. The van der Waals surface area contributed by atoms with Crippen molar-refractivity contribution >= 4 is 5.97 Å². The van der Waals surface area contributed by atoms with Crippen LogP contribution in [-0.2, 0) is 16.3 Å². The van der Waals surface area contributed by atoms with Crippen molar-refractivity contribution in [2.45, 2.75) is 20.6 Å². The second-order valence-electron chi connectivity index (χ2n) is 2.81. The SMILES string of the molecule is CC(=O)OCn1cc(C)c(=O)[nH]c1=O. The Morgan fingerprint density at radius 1 is 1.57 bits per heavy atom. The van der Waals surface area contributed by atoms with Crippen LogP contribution in [0.1, 0.15) is 12.5 Å². The maximum atomic E-state index is 11.1. The van der Waals surface area contributed by atoms with E-state index in [0.717, 1.165) is 4.57 Å². The van der Waals surface area contributed by atoms with Crippen molar-refractivity contribution in [1.82, 2.24) is 9.55 Å². The molecule has 1 aromatic rings. The third kappa shape index (κ3) is 2.32. The average molecular weight is 198 g/mol. The number of rotatable bonds is 2. The number of aromatic amines is 1. The number of esters is 1. The van der Waals surface area contributed by atoms with E-state index in [9.17, 15) is 14.4 Å². The number of aryl methyl sites for hydroxylation is 1. The van der Waals surface area contributed by atoms with E-state index in [1.807, 2.05) is 0 Å². The summed E-state index contributed by atoms with van der Waals surface area (Å²) in [5.74, 6) is -0.485.